The van der Waals surface area contributed by atoms with Gasteiger partial charge in [0.2, 0.25) is 0 Å². The van der Waals surface area contributed by atoms with E-state index in [1.165, 1.54) is 0 Å². The van der Waals surface area contributed by atoms with Gasteiger partial charge in [-0.3, -0.25) is 4.79 Å². The van der Waals surface area contributed by atoms with Crippen LogP contribution in [-0.4, -0.2) is 6.29 Å². The summed E-state index contributed by atoms with van der Waals surface area (Å²) < 4.78 is 5.92. The Kier molecular flexibility index (Phi) is 4.00. The van der Waals surface area contributed by atoms with Crippen LogP contribution in [0, 0.1) is 20.8 Å². The van der Waals surface area contributed by atoms with Crippen LogP contribution < -0.4 is 4.74 Å². The zero-order valence-electron chi connectivity index (χ0n) is 11.6. The highest BCUT2D eigenvalue weighted by Gasteiger charge is 2.11. The van der Waals surface area contributed by atoms with Crippen LogP contribution in [0.3, 0.4) is 0 Å². The molecule has 2 rings (SSSR count). The van der Waals surface area contributed by atoms with Gasteiger partial charge in [-0.05, 0) is 43.5 Å². The standard InChI is InChI=1S/C17H18O2/c1-12-9-16(10-18)14(3)17(13(12)2)19-11-15-7-5-4-6-8-15/h4-10H,11H2,1-3H3. The van der Waals surface area contributed by atoms with Crippen molar-refractivity contribution in [2.24, 2.45) is 0 Å². The molecule has 0 radical (unpaired) electrons. The molecule has 2 nitrogen and oxygen atoms in total. The van der Waals surface area contributed by atoms with Crippen molar-refractivity contribution >= 4 is 6.29 Å². The second-order valence-electron chi connectivity index (χ2n) is 4.75. The minimum absolute atomic E-state index is 0.518. The van der Waals surface area contributed by atoms with Crippen LogP contribution in [0.1, 0.15) is 32.6 Å². The summed E-state index contributed by atoms with van der Waals surface area (Å²) in [6, 6.07) is 11.9. The van der Waals surface area contributed by atoms with Gasteiger partial charge in [-0.1, -0.05) is 30.3 Å². The largest absolute Gasteiger partial charge is 0.488 e. The Balaban J connectivity index is 2.29. The van der Waals surface area contributed by atoms with E-state index in [0.29, 0.717) is 12.2 Å². The maximum Gasteiger partial charge on any atom is 0.150 e. The molecular weight excluding hydrogens is 236 g/mol. The Bertz CT molecular complexity index is 586. The lowest BCUT2D eigenvalue weighted by Gasteiger charge is -2.15. The zero-order chi connectivity index (χ0) is 13.8. The number of rotatable bonds is 4. The van der Waals surface area contributed by atoms with E-state index < -0.39 is 0 Å². The summed E-state index contributed by atoms with van der Waals surface area (Å²) >= 11 is 0. The first-order valence-corrected chi connectivity index (χ1v) is 6.36. The van der Waals surface area contributed by atoms with Crippen molar-refractivity contribution in [3.8, 4) is 5.75 Å². The molecule has 0 atom stereocenters. The minimum Gasteiger partial charge on any atom is -0.488 e. The van der Waals surface area contributed by atoms with Crippen molar-refractivity contribution in [3.05, 3.63) is 64.2 Å². The molecule has 19 heavy (non-hydrogen) atoms. The smallest absolute Gasteiger partial charge is 0.150 e. The Labute approximate surface area is 114 Å². The summed E-state index contributed by atoms with van der Waals surface area (Å²) in [6.07, 6.45) is 0.886. The third-order valence-corrected chi connectivity index (χ3v) is 3.43. The number of carbonyl (C=O) groups excluding carboxylic acids is 1. The third-order valence-electron chi connectivity index (χ3n) is 3.43. The van der Waals surface area contributed by atoms with Crippen LogP contribution in [0.4, 0.5) is 0 Å². The highest BCUT2D eigenvalue weighted by atomic mass is 16.5. The predicted octanol–water partition coefficient (Wildman–Crippen LogP) is 4.00. The quantitative estimate of drug-likeness (QED) is 0.771. The predicted molar refractivity (Wildman–Crippen MR) is 76.8 cm³/mol. The summed E-state index contributed by atoms with van der Waals surface area (Å²) in [7, 11) is 0. The van der Waals surface area contributed by atoms with Gasteiger partial charge in [-0.15, -0.1) is 0 Å². The van der Waals surface area contributed by atoms with E-state index in [0.717, 1.165) is 34.3 Å². The first-order chi connectivity index (χ1) is 9.13. The van der Waals surface area contributed by atoms with Crippen LogP contribution in [0.15, 0.2) is 36.4 Å². The molecule has 0 N–H and O–H groups in total. The van der Waals surface area contributed by atoms with E-state index in [-0.39, 0.29) is 0 Å². The fraction of sp³-hybridized carbons (Fsp3) is 0.235. The summed E-state index contributed by atoms with van der Waals surface area (Å²) in [4.78, 5) is 11.1. The van der Waals surface area contributed by atoms with Gasteiger partial charge in [0.05, 0.1) is 0 Å². The van der Waals surface area contributed by atoms with Gasteiger partial charge in [0.1, 0.15) is 18.6 Å². The third kappa shape index (κ3) is 2.84. The molecule has 2 aromatic carbocycles. The van der Waals surface area contributed by atoms with Gasteiger partial charge in [-0.2, -0.15) is 0 Å². The summed E-state index contributed by atoms with van der Waals surface area (Å²) in [5.41, 5.74) is 4.91. The first kappa shape index (κ1) is 13.3. The molecule has 0 unspecified atom stereocenters. The number of hydrogen-bond acceptors (Lipinski definition) is 2. The molecule has 0 amide bonds. The van der Waals surface area contributed by atoms with E-state index >= 15 is 0 Å². The Morgan fingerprint density at radius 2 is 1.74 bits per heavy atom. The number of carbonyl (C=O) groups is 1. The van der Waals surface area contributed by atoms with Crippen LogP contribution in [0.2, 0.25) is 0 Å². The van der Waals surface area contributed by atoms with Gasteiger partial charge in [0, 0.05) is 11.1 Å². The zero-order valence-corrected chi connectivity index (χ0v) is 11.6. The minimum atomic E-state index is 0.518. The molecule has 0 bridgehead atoms. The lowest BCUT2D eigenvalue weighted by atomic mass is 10.00. The highest BCUT2D eigenvalue weighted by Crippen LogP contribution is 2.29. The number of hydrogen-bond donors (Lipinski definition) is 0. The van der Waals surface area contributed by atoms with Gasteiger partial charge in [0.25, 0.3) is 0 Å². The summed E-state index contributed by atoms with van der Waals surface area (Å²) in [5, 5.41) is 0. The van der Waals surface area contributed by atoms with E-state index in [2.05, 4.69) is 0 Å². The summed E-state index contributed by atoms with van der Waals surface area (Å²) in [5.74, 6) is 0.825. The molecule has 0 saturated carbocycles. The highest BCUT2D eigenvalue weighted by molar-refractivity contribution is 5.79. The van der Waals surface area contributed by atoms with Crippen molar-refractivity contribution in [3.63, 3.8) is 0 Å². The van der Waals surface area contributed by atoms with Gasteiger partial charge >= 0.3 is 0 Å². The maximum atomic E-state index is 11.1. The van der Waals surface area contributed by atoms with Crippen molar-refractivity contribution in [1.29, 1.82) is 0 Å². The van der Waals surface area contributed by atoms with Gasteiger partial charge in [0.15, 0.2) is 0 Å². The van der Waals surface area contributed by atoms with Crippen molar-refractivity contribution < 1.29 is 9.53 Å². The SMILES string of the molecule is Cc1cc(C=O)c(C)c(OCc2ccccc2)c1C. The normalized spacial score (nSPS) is 10.3. The molecule has 2 heteroatoms. The topological polar surface area (TPSA) is 26.3 Å². The maximum absolute atomic E-state index is 11.1. The average molecular weight is 254 g/mol. The Morgan fingerprint density at radius 3 is 2.37 bits per heavy atom. The van der Waals surface area contributed by atoms with Crippen molar-refractivity contribution in [2.75, 3.05) is 0 Å². The molecular formula is C17H18O2. The molecule has 0 spiro atoms. The van der Waals surface area contributed by atoms with E-state index in [9.17, 15) is 4.79 Å². The fourth-order valence-corrected chi connectivity index (χ4v) is 2.11. The fourth-order valence-electron chi connectivity index (χ4n) is 2.11. The van der Waals surface area contributed by atoms with Crippen LogP contribution in [0.5, 0.6) is 5.75 Å². The molecule has 0 aliphatic heterocycles. The Morgan fingerprint density at radius 1 is 1.05 bits per heavy atom. The summed E-state index contributed by atoms with van der Waals surface area (Å²) in [6.45, 7) is 6.47. The van der Waals surface area contributed by atoms with Gasteiger partial charge < -0.3 is 4.74 Å². The van der Waals surface area contributed by atoms with Crippen molar-refractivity contribution in [1.82, 2.24) is 0 Å². The van der Waals surface area contributed by atoms with Gasteiger partial charge in [-0.25, -0.2) is 0 Å². The van der Waals surface area contributed by atoms with Crippen LogP contribution in [-0.2, 0) is 6.61 Å². The molecule has 0 fully saturated rings. The monoisotopic (exact) mass is 254 g/mol. The number of aldehydes is 1. The van der Waals surface area contributed by atoms with E-state index in [4.69, 9.17) is 4.74 Å². The van der Waals surface area contributed by atoms with Crippen molar-refractivity contribution in [2.45, 2.75) is 27.4 Å². The second-order valence-corrected chi connectivity index (χ2v) is 4.75. The molecule has 2 aromatic rings. The lowest BCUT2D eigenvalue weighted by Crippen LogP contribution is -2.02. The molecule has 0 aliphatic carbocycles. The van der Waals surface area contributed by atoms with E-state index in [1.807, 2.05) is 57.2 Å². The second kappa shape index (κ2) is 5.70. The number of benzene rings is 2. The molecule has 0 heterocycles. The Hall–Kier alpha value is -2.09. The molecule has 0 aliphatic rings. The molecule has 98 valence electrons. The number of aryl methyl sites for hydroxylation is 1. The average Bonchev–Trinajstić information content (AvgIpc) is 2.44. The van der Waals surface area contributed by atoms with Crippen LogP contribution in [0.25, 0.3) is 0 Å². The van der Waals surface area contributed by atoms with Crippen LogP contribution >= 0.6 is 0 Å². The molecule has 0 aromatic heterocycles. The number of ether oxygens (including phenoxy) is 1. The lowest BCUT2D eigenvalue weighted by molar-refractivity contribution is 0.112. The van der Waals surface area contributed by atoms with E-state index in [1.54, 1.807) is 0 Å². The molecule has 0 saturated heterocycles. The first-order valence-electron chi connectivity index (χ1n) is 6.36.